The Morgan fingerprint density at radius 1 is 1.33 bits per heavy atom. The fourth-order valence-electron chi connectivity index (χ4n) is 2.64. The van der Waals surface area contributed by atoms with E-state index in [1.54, 1.807) is 6.07 Å². The molecule has 21 heavy (non-hydrogen) atoms. The van der Waals surface area contributed by atoms with Crippen molar-refractivity contribution < 1.29 is 18.3 Å². The summed E-state index contributed by atoms with van der Waals surface area (Å²) in [5, 5.41) is 9.03. The molecule has 1 fully saturated rings. The van der Waals surface area contributed by atoms with Crippen LogP contribution in [-0.2, 0) is 14.6 Å². The number of anilines is 1. The minimum absolute atomic E-state index is 0.278. The van der Waals surface area contributed by atoms with Gasteiger partial charge in [-0.15, -0.1) is 0 Å². The molecule has 1 aromatic carbocycles. The van der Waals surface area contributed by atoms with Crippen LogP contribution >= 0.6 is 15.9 Å². The number of carboxylic acid groups (broad SMARTS) is 1. The van der Waals surface area contributed by atoms with Gasteiger partial charge in [-0.3, -0.25) is 4.79 Å². The third kappa shape index (κ3) is 3.58. The van der Waals surface area contributed by atoms with Crippen molar-refractivity contribution >= 4 is 37.4 Å². The van der Waals surface area contributed by atoms with Gasteiger partial charge >= 0.3 is 5.97 Å². The zero-order valence-corrected chi connectivity index (χ0v) is 14.4. The summed E-state index contributed by atoms with van der Waals surface area (Å²) in [6.07, 6.45) is 2.41. The molecule has 0 amide bonds. The molecule has 1 heterocycles. The Morgan fingerprint density at radius 2 is 1.90 bits per heavy atom. The fraction of sp³-hybridized carbons (Fsp3) is 0.500. The van der Waals surface area contributed by atoms with Gasteiger partial charge in [-0.2, -0.15) is 0 Å². The maximum absolute atomic E-state index is 11.7. The number of carbonyl (C=O) groups is 1. The number of nitrogens with zero attached hydrogens (tertiary/aromatic N) is 1. The Morgan fingerprint density at radius 3 is 2.38 bits per heavy atom. The van der Waals surface area contributed by atoms with E-state index < -0.39 is 15.8 Å². The summed E-state index contributed by atoms with van der Waals surface area (Å²) < 4.78 is 24.0. The number of aryl methyl sites for hydroxylation is 1. The molecule has 0 spiro atoms. The lowest BCUT2D eigenvalue weighted by atomic mass is 9.96. The van der Waals surface area contributed by atoms with Crippen LogP contribution in [-0.4, -0.2) is 38.8 Å². The van der Waals surface area contributed by atoms with E-state index in [-0.39, 0.29) is 10.8 Å². The normalized spacial score (nSPS) is 17.0. The average Bonchev–Trinajstić information content (AvgIpc) is 2.40. The zero-order valence-electron chi connectivity index (χ0n) is 12.0. The van der Waals surface area contributed by atoms with Crippen LogP contribution in [0.2, 0.25) is 0 Å². The summed E-state index contributed by atoms with van der Waals surface area (Å²) in [5.74, 6) is -1.01. The van der Waals surface area contributed by atoms with Crippen molar-refractivity contribution in [2.45, 2.75) is 24.7 Å². The molecule has 0 atom stereocenters. The molecule has 5 nitrogen and oxygen atoms in total. The topological polar surface area (TPSA) is 74.7 Å². The van der Waals surface area contributed by atoms with Crippen molar-refractivity contribution in [1.29, 1.82) is 0 Å². The molecule has 7 heteroatoms. The predicted molar refractivity (Wildman–Crippen MR) is 84.6 cm³/mol. The van der Waals surface area contributed by atoms with Crippen molar-refractivity contribution in [2.75, 3.05) is 24.2 Å². The van der Waals surface area contributed by atoms with E-state index in [1.807, 2.05) is 13.0 Å². The number of rotatable bonds is 3. The highest BCUT2D eigenvalue weighted by Gasteiger charge is 2.26. The van der Waals surface area contributed by atoms with Crippen molar-refractivity contribution in [3.8, 4) is 0 Å². The SMILES string of the molecule is Cc1cc(S(C)(=O)=O)c(Br)cc1N1CCC(C(=O)O)CC1. The lowest BCUT2D eigenvalue weighted by Gasteiger charge is -2.33. The van der Waals surface area contributed by atoms with Crippen molar-refractivity contribution in [3.05, 3.63) is 22.2 Å². The Labute approximate surface area is 133 Å². The summed E-state index contributed by atoms with van der Waals surface area (Å²) in [6, 6.07) is 3.48. The Bertz CT molecular complexity index is 664. The molecule has 1 aromatic rings. The maximum Gasteiger partial charge on any atom is 0.306 e. The van der Waals surface area contributed by atoms with Gasteiger partial charge in [0.2, 0.25) is 0 Å². The second kappa shape index (κ2) is 5.96. The first kappa shape index (κ1) is 16.3. The Kier molecular flexibility index (Phi) is 4.63. The van der Waals surface area contributed by atoms with Gasteiger partial charge in [0.05, 0.1) is 10.8 Å². The zero-order chi connectivity index (χ0) is 15.8. The molecule has 2 rings (SSSR count). The number of benzene rings is 1. The molecule has 1 N–H and O–H groups in total. The van der Waals surface area contributed by atoms with Gasteiger partial charge < -0.3 is 10.0 Å². The molecular weight excluding hydrogens is 358 g/mol. The molecule has 1 aliphatic rings. The molecule has 0 aromatic heterocycles. The standard InChI is InChI=1S/C14H18BrNO4S/c1-9-7-13(21(2,19)20)11(15)8-12(9)16-5-3-10(4-6-16)14(17)18/h7-8,10H,3-6H2,1-2H3,(H,17,18). The van der Waals surface area contributed by atoms with E-state index in [0.717, 1.165) is 11.3 Å². The van der Waals surface area contributed by atoms with Crippen LogP contribution in [0.15, 0.2) is 21.5 Å². The van der Waals surface area contributed by atoms with Crippen molar-refractivity contribution in [2.24, 2.45) is 5.92 Å². The molecule has 1 saturated heterocycles. The number of hydrogen-bond donors (Lipinski definition) is 1. The van der Waals surface area contributed by atoms with Crippen molar-refractivity contribution in [1.82, 2.24) is 0 Å². The Hall–Kier alpha value is -1.08. The van der Waals surface area contributed by atoms with Crippen LogP contribution in [0.4, 0.5) is 5.69 Å². The van der Waals surface area contributed by atoms with Gasteiger partial charge in [0, 0.05) is 29.5 Å². The largest absolute Gasteiger partial charge is 0.481 e. The molecule has 0 unspecified atom stereocenters. The second-order valence-corrected chi connectivity index (χ2v) is 8.28. The van der Waals surface area contributed by atoms with E-state index in [0.29, 0.717) is 30.4 Å². The fourth-order valence-corrected chi connectivity index (χ4v) is 4.65. The summed E-state index contributed by atoms with van der Waals surface area (Å²) in [7, 11) is -3.27. The molecule has 0 saturated carbocycles. The van der Waals surface area contributed by atoms with Crippen LogP contribution in [0, 0.1) is 12.8 Å². The van der Waals surface area contributed by atoms with E-state index >= 15 is 0 Å². The highest BCUT2D eigenvalue weighted by molar-refractivity contribution is 9.10. The first-order chi connectivity index (χ1) is 9.70. The van der Waals surface area contributed by atoms with Crippen molar-refractivity contribution in [3.63, 3.8) is 0 Å². The summed E-state index contributed by atoms with van der Waals surface area (Å²) in [6.45, 7) is 3.21. The molecule has 0 aliphatic carbocycles. The number of hydrogen-bond acceptors (Lipinski definition) is 4. The van der Waals surface area contributed by atoms with Crippen LogP contribution in [0.5, 0.6) is 0 Å². The first-order valence-electron chi connectivity index (χ1n) is 6.68. The van der Waals surface area contributed by atoms with E-state index in [4.69, 9.17) is 5.11 Å². The molecular formula is C14H18BrNO4S. The smallest absolute Gasteiger partial charge is 0.306 e. The minimum atomic E-state index is -3.27. The number of aliphatic carboxylic acids is 1. The monoisotopic (exact) mass is 375 g/mol. The van der Waals surface area contributed by atoms with Gasteiger partial charge in [-0.25, -0.2) is 8.42 Å². The molecule has 116 valence electrons. The van der Waals surface area contributed by atoms with E-state index in [1.165, 1.54) is 6.26 Å². The second-order valence-electron chi connectivity index (χ2n) is 5.44. The third-order valence-corrected chi connectivity index (χ3v) is 5.89. The first-order valence-corrected chi connectivity index (χ1v) is 9.36. The summed E-state index contributed by atoms with van der Waals surface area (Å²) >= 11 is 3.32. The summed E-state index contributed by atoms with van der Waals surface area (Å²) in [5.41, 5.74) is 1.84. The Balaban J connectivity index is 2.27. The number of carboxylic acids is 1. The number of piperidine rings is 1. The average molecular weight is 376 g/mol. The quantitative estimate of drug-likeness (QED) is 0.877. The highest BCUT2D eigenvalue weighted by atomic mass is 79.9. The molecule has 1 aliphatic heterocycles. The van der Waals surface area contributed by atoms with Crippen LogP contribution < -0.4 is 4.90 Å². The van der Waals surface area contributed by atoms with E-state index in [2.05, 4.69) is 20.8 Å². The third-order valence-electron chi connectivity index (χ3n) is 3.83. The van der Waals surface area contributed by atoms with Gasteiger partial charge in [0.1, 0.15) is 0 Å². The van der Waals surface area contributed by atoms with Gasteiger partial charge in [0.15, 0.2) is 9.84 Å². The van der Waals surface area contributed by atoms with Crippen LogP contribution in [0.3, 0.4) is 0 Å². The van der Waals surface area contributed by atoms with Crippen LogP contribution in [0.25, 0.3) is 0 Å². The molecule has 0 bridgehead atoms. The minimum Gasteiger partial charge on any atom is -0.481 e. The number of sulfone groups is 1. The molecule has 0 radical (unpaired) electrons. The maximum atomic E-state index is 11.7. The van der Waals surface area contributed by atoms with E-state index in [9.17, 15) is 13.2 Å². The highest BCUT2D eigenvalue weighted by Crippen LogP contribution is 2.33. The van der Waals surface area contributed by atoms with Crippen LogP contribution in [0.1, 0.15) is 18.4 Å². The van der Waals surface area contributed by atoms with Gasteiger partial charge in [-0.05, 0) is 53.4 Å². The number of halogens is 1. The van der Waals surface area contributed by atoms with Gasteiger partial charge in [0.25, 0.3) is 0 Å². The van der Waals surface area contributed by atoms with Gasteiger partial charge in [-0.1, -0.05) is 0 Å². The lowest BCUT2D eigenvalue weighted by Crippen LogP contribution is -2.36. The summed E-state index contributed by atoms with van der Waals surface area (Å²) in [4.78, 5) is 13.4. The predicted octanol–water partition coefficient (Wildman–Crippen LogP) is 2.46. The lowest BCUT2D eigenvalue weighted by molar-refractivity contribution is -0.142.